The van der Waals surface area contributed by atoms with Crippen molar-refractivity contribution in [3.8, 4) is 0 Å². The fourth-order valence-electron chi connectivity index (χ4n) is 3.24. The van der Waals surface area contributed by atoms with Crippen LogP contribution in [0.15, 0.2) is 24.3 Å². The fourth-order valence-corrected chi connectivity index (χ4v) is 3.24. The quantitative estimate of drug-likeness (QED) is 0.861. The van der Waals surface area contributed by atoms with Crippen LogP contribution in [-0.2, 0) is 0 Å². The molecule has 0 aliphatic carbocycles. The largest absolute Gasteiger partial charge is 0.391 e. The highest BCUT2D eigenvalue weighted by molar-refractivity contribution is 5.99. The maximum Gasteiger partial charge on any atom is 0.253 e. The van der Waals surface area contributed by atoms with E-state index in [1.165, 1.54) is 0 Å². The number of aliphatic hydroxyl groups is 1. The number of rotatable bonds is 6. The van der Waals surface area contributed by atoms with E-state index in [2.05, 4.69) is 13.8 Å². The lowest BCUT2D eigenvalue weighted by atomic mass is 9.95. The Morgan fingerprint density at radius 2 is 1.84 bits per heavy atom. The summed E-state index contributed by atoms with van der Waals surface area (Å²) in [7, 11) is 0. The molecule has 1 saturated heterocycles. The van der Waals surface area contributed by atoms with E-state index in [9.17, 15) is 14.7 Å². The Morgan fingerprint density at radius 1 is 1.20 bits per heavy atom. The minimum absolute atomic E-state index is 0.0225. The lowest BCUT2D eigenvalue weighted by Crippen LogP contribution is -2.45. The number of carbonyl (C=O) groups is 2. The molecule has 1 N–H and O–H groups in total. The molecule has 0 bridgehead atoms. The van der Waals surface area contributed by atoms with E-state index in [0.29, 0.717) is 24.2 Å². The fraction of sp³-hybridized carbons (Fsp3) is 0.600. The predicted octanol–water partition coefficient (Wildman–Crippen LogP) is 2.79. The first-order chi connectivity index (χ1) is 12.0. The van der Waals surface area contributed by atoms with Gasteiger partial charge in [-0.1, -0.05) is 26.8 Å². The second-order valence-corrected chi connectivity index (χ2v) is 6.96. The maximum atomic E-state index is 12.7. The van der Waals surface area contributed by atoms with Gasteiger partial charge < -0.3 is 14.9 Å². The summed E-state index contributed by atoms with van der Waals surface area (Å²) >= 11 is 0. The normalized spacial score (nSPS) is 20.4. The topological polar surface area (TPSA) is 60.9 Å². The summed E-state index contributed by atoms with van der Waals surface area (Å²) in [5.41, 5.74) is 1.07. The number of likely N-dealkylation sites (tertiary alicyclic amines) is 1. The number of nitrogens with zero attached hydrogens (tertiary/aromatic N) is 2. The summed E-state index contributed by atoms with van der Waals surface area (Å²) in [5, 5.41) is 10.0. The van der Waals surface area contributed by atoms with Gasteiger partial charge in [0.25, 0.3) is 11.8 Å². The Bertz CT molecular complexity index is 596. The van der Waals surface area contributed by atoms with E-state index in [-0.39, 0.29) is 17.7 Å². The van der Waals surface area contributed by atoms with E-state index >= 15 is 0 Å². The third-order valence-corrected chi connectivity index (χ3v) is 4.84. The van der Waals surface area contributed by atoms with Crippen molar-refractivity contribution in [2.75, 3.05) is 26.2 Å². The van der Waals surface area contributed by atoms with Gasteiger partial charge in [0, 0.05) is 37.3 Å². The minimum Gasteiger partial charge on any atom is -0.391 e. The standard InChI is InChI=1S/C20H30N2O3/c1-4-10-21(11-5-2)19(24)16-7-6-8-17(13-16)20(25)22-12-9-15(3)18(23)14-22/h6-8,13,15,18,23H,4-5,9-12,14H2,1-3H3. The molecule has 1 aliphatic heterocycles. The molecule has 1 aliphatic rings. The van der Waals surface area contributed by atoms with Crippen LogP contribution >= 0.6 is 0 Å². The molecule has 2 unspecified atom stereocenters. The number of hydrogen-bond acceptors (Lipinski definition) is 3. The maximum absolute atomic E-state index is 12.7. The van der Waals surface area contributed by atoms with E-state index < -0.39 is 6.10 Å². The molecule has 2 atom stereocenters. The van der Waals surface area contributed by atoms with Crippen molar-refractivity contribution in [3.63, 3.8) is 0 Å². The molecule has 1 heterocycles. The van der Waals surface area contributed by atoms with Gasteiger partial charge in [0.15, 0.2) is 0 Å². The van der Waals surface area contributed by atoms with Crippen molar-refractivity contribution in [2.45, 2.75) is 46.1 Å². The first-order valence-electron chi connectivity index (χ1n) is 9.34. The molecule has 1 fully saturated rings. The SMILES string of the molecule is CCCN(CCC)C(=O)c1cccc(C(=O)N2CCC(C)C(O)C2)c1. The van der Waals surface area contributed by atoms with Crippen LogP contribution in [0.25, 0.3) is 0 Å². The van der Waals surface area contributed by atoms with Crippen LogP contribution in [0.1, 0.15) is 60.7 Å². The third-order valence-electron chi connectivity index (χ3n) is 4.84. The van der Waals surface area contributed by atoms with Crippen LogP contribution in [0.4, 0.5) is 0 Å². The summed E-state index contributed by atoms with van der Waals surface area (Å²) in [6.07, 6.45) is 2.14. The van der Waals surface area contributed by atoms with Gasteiger partial charge in [-0.2, -0.15) is 0 Å². The molecule has 0 radical (unpaired) electrons. The second kappa shape index (κ2) is 8.99. The number of aliphatic hydroxyl groups excluding tert-OH is 1. The van der Waals surface area contributed by atoms with Crippen molar-refractivity contribution in [2.24, 2.45) is 5.92 Å². The first-order valence-corrected chi connectivity index (χ1v) is 9.34. The Labute approximate surface area is 150 Å². The van der Waals surface area contributed by atoms with Crippen molar-refractivity contribution in [1.82, 2.24) is 9.80 Å². The van der Waals surface area contributed by atoms with Gasteiger partial charge in [0.05, 0.1) is 6.10 Å². The lowest BCUT2D eigenvalue weighted by Gasteiger charge is -2.34. The van der Waals surface area contributed by atoms with Crippen LogP contribution < -0.4 is 0 Å². The molecule has 25 heavy (non-hydrogen) atoms. The van der Waals surface area contributed by atoms with Gasteiger partial charge in [-0.3, -0.25) is 9.59 Å². The van der Waals surface area contributed by atoms with Crippen LogP contribution in [0.5, 0.6) is 0 Å². The second-order valence-electron chi connectivity index (χ2n) is 6.96. The molecule has 5 nitrogen and oxygen atoms in total. The Morgan fingerprint density at radius 3 is 2.44 bits per heavy atom. The number of benzene rings is 1. The zero-order valence-electron chi connectivity index (χ0n) is 15.6. The van der Waals surface area contributed by atoms with Crippen molar-refractivity contribution in [1.29, 1.82) is 0 Å². The van der Waals surface area contributed by atoms with E-state index in [4.69, 9.17) is 0 Å². The monoisotopic (exact) mass is 346 g/mol. The Balaban J connectivity index is 2.14. The van der Waals surface area contributed by atoms with Crippen molar-refractivity contribution in [3.05, 3.63) is 35.4 Å². The van der Waals surface area contributed by atoms with Gasteiger partial charge in [0.1, 0.15) is 0 Å². The number of β-amino-alcohol motifs (C(OH)–C–C–N with tert-alkyl or cyclic N) is 1. The van der Waals surface area contributed by atoms with Gasteiger partial charge in [-0.25, -0.2) is 0 Å². The van der Waals surface area contributed by atoms with Gasteiger partial charge >= 0.3 is 0 Å². The predicted molar refractivity (Wildman–Crippen MR) is 98.6 cm³/mol. The summed E-state index contributed by atoms with van der Waals surface area (Å²) in [4.78, 5) is 29.0. The summed E-state index contributed by atoms with van der Waals surface area (Å²) in [6.45, 7) is 8.56. The lowest BCUT2D eigenvalue weighted by molar-refractivity contribution is 0.0248. The van der Waals surface area contributed by atoms with Gasteiger partial charge in [-0.15, -0.1) is 0 Å². The molecular formula is C20H30N2O3. The number of piperidine rings is 1. The zero-order valence-corrected chi connectivity index (χ0v) is 15.6. The molecule has 138 valence electrons. The minimum atomic E-state index is -0.480. The Hall–Kier alpha value is -1.88. The highest BCUT2D eigenvalue weighted by atomic mass is 16.3. The smallest absolute Gasteiger partial charge is 0.253 e. The van der Waals surface area contributed by atoms with Gasteiger partial charge in [0.2, 0.25) is 0 Å². The molecule has 0 saturated carbocycles. The highest BCUT2D eigenvalue weighted by Crippen LogP contribution is 2.19. The average molecular weight is 346 g/mol. The first kappa shape index (κ1) is 19.4. The number of hydrogen-bond donors (Lipinski definition) is 1. The molecule has 2 amide bonds. The number of amides is 2. The zero-order chi connectivity index (χ0) is 18.4. The van der Waals surface area contributed by atoms with E-state index in [1.54, 1.807) is 29.2 Å². The van der Waals surface area contributed by atoms with Crippen LogP contribution in [0, 0.1) is 5.92 Å². The Kier molecular flexibility index (Phi) is 7.00. The molecule has 1 aromatic carbocycles. The molecule has 0 aromatic heterocycles. The van der Waals surface area contributed by atoms with E-state index in [1.807, 2.05) is 11.8 Å². The average Bonchev–Trinajstić information content (AvgIpc) is 2.62. The molecule has 5 heteroatoms. The molecular weight excluding hydrogens is 316 g/mol. The van der Waals surface area contributed by atoms with Gasteiger partial charge in [-0.05, 0) is 43.4 Å². The van der Waals surface area contributed by atoms with Crippen LogP contribution in [0.2, 0.25) is 0 Å². The third kappa shape index (κ3) is 4.82. The molecule has 0 spiro atoms. The van der Waals surface area contributed by atoms with Crippen molar-refractivity contribution < 1.29 is 14.7 Å². The summed E-state index contributed by atoms with van der Waals surface area (Å²) in [6, 6.07) is 6.96. The van der Waals surface area contributed by atoms with Crippen LogP contribution in [-0.4, -0.2) is 59.0 Å². The van der Waals surface area contributed by atoms with E-state index in [0.717, 1.165) is 32.4 Å². The summed E-state index contributed by atoms with van der Waals surface area (Å²) in [5.74, 6) is 0.0809. The molecule has 2 rings (SSSR count). The number of carbonyl (C=O) groups excluding carboxylic acids is 2. The molecule has 1 aromatic rings. The van der Waals surface area contributed by atoms with Crippen molar-refractivity contribution >= 4 is 11.8 Å². The van der Waals surface area contributed by atoms with Crippen LogP contribution in [0.3, 0.4) is 0 Å². The highest BCUT2D eigenvalue weighted by Gasteiger charge is 2.28. The summed E-state index contributed by atoms with van der Waals surface area (Å²) < 4.78 is 0.